The first-order chi connectivity index (χ1) is 10.6. The van der Waals surface area contributed by atoms with Crippen LogP contribution in [0.3, 0.4) is 0 Å². The number of aliphatic carboxylic acids is 1. The summed E-state index contributed by atoms with van der Waals surface area (Å²) in [5, 5.41) is 9.22. The third-order valence-corrected chi connectivity index (χ3v) is 4.13. The second kappa shape index (κ2) is 6.10. The molecule has 7 heteroatoms. The predicted molar refractivity (Wildman–Crippen MR) is 81.6 cm³/mol. The number of benzene rings is 1. The molecule has 3 rings (SSSR count). The number of carboxylic acid groups (broad SMARTS) is 1. The average Bonchev–Trinajstić information content (AvgIpc) is 2.53. The molecule has 0 bridgehead atoms. The second-order valence-electron chi connectivity index (χ2n) is 5.07. The van der Waals surface area contributed by atoms with E-state index in [2.05, 4.69) is 15.9 Å². The van der Waals surface area contributed by atoms with E-state index < -0.39 is 12.0 Å². The van der Waals surface area contributed by atoms with E-state index in [9.17, 15) is 14.7 Å². The van der Waals surface area contributed by atoms with Crippen LogP contribution in [0.4, 0.5) is 0 Å². The SMILES string of the molecule is O=C(O)C1COCCN1C(=O)C1=Cc2cc(Br)ccc2OC1. The lowest BCUT2D eigenvalue weighted by Gasteiger charge is -2.34. The van der Waals surface area contributed by atoms with Crippen molar-refractivity contribution in [3.63, 3.8) is 0 Å². The summed E-state index contributed by atoms with van der Waals surface area (Å²) in [6.45, 7) is 0.749. The molecule has 2 aliphatic rings. The molecule has 0 aliphatic carbocycles. The summed E-state index contributed by atoms with van der Waals surface area (Å²) >= 11 is 3.38. The number of ether oxygens (including phenoxy) is 2. The van der Waals surface area contributed by atoms with Crippen LogP contribution in [-0.2, 0) is 14.3 Å². The number of fused-ring (bicyclic) bond motifs is 1. The van der Waals surface area contributed by atoms with Gasteiger partial charge in [0.25, 0.3) is 5.91 Å². The van der Waals surface area contributed by atoms with Gasteiger partial charge in [-0.05, 0) is 24.3 Å². The minimum atomic E-state index is -1.06. The van der Waals surface area contributed by atoms with E-state index in [4.69, 9.17) is 9.47 Å². The molecule has 1 amide bonds. The summed E-state index contributed by atoms with van der Waals surface area (Å²) in [5.74, 6) is -0.675. The first-order valence-corrected chi connectivity index (χ1v) is 7.60. The number of hydrogen-bond acceptors (Lipinski definition) is 4. The van der Waals surface area contributed by atoms with E-state index in [0.29, 0.717) is 17.9 Å². The largest absolute Gasteiger partial charge is 0.488 e. The average molecular weight is 368 g/mol. The summed E-state index contributed by atoms with van der Waals surface area (Å²) in [6.07, 6.45) is 1.75. The van der Waals surface area contributed by atoms with Gasteiger partial charge in [-0.15, -0.1) is 0 Å². The normalized spacial score (nSPS) is 20.7. The molecule has 1 atom stereocenters. The van der Waals surface area contributed by atoms with Crippen molar-refractivity contribution >= 4 is 33.9 Å². The lowest BCUT2D eigenvalue weighted by atomic mass is 10.1. The van der Waals surface area contributed by atoms with Gasteiger partial charge < -0.3 is 19.5 Å². The first kappa shape index (κ1) is 15.1. The van der Waals surface area contributed by atoms with E-state index in [1.807, 2.05) is 18.2 Å². The Labute approximate surface area is 135 Å². The highest BCUT2D eigenvalue weighted by molar-refractivity contribution is 9.10. The molecule has 0 spiro atoms. The van der Waals surface area contributed by atoms with Crippen molar-refractivity contribution in [1.29, 1.82) is 0 Å². The Morgan fingerprint density at radius 1 is 1.36 bits per heavy atom. The standard InChI is InChI=1S/C15H14BrNO5/c16-11-1-2-13-9(6-11)5-10(7-22-13)14(18)17-3-4-21-8-12(17)15(19)20/h1-2,5-6,12H,3-4,7-8H2,(H,19,20). The van der Waals surface area contributed by atoms with Gasteiger partial charge >= 0.3 is 5.97 Å². The molecule has 1 unspecified atom stereocenters. The van der Waals surface area contributed by atoms with E-state index in [1.54, 1.807) is 6.08 Å². The Morgan fingerprint density at radius 3 is 2.95 bits per heavy atom. The molecule has 0 saturated carbocycles. The third-order valence-electron chi connectivity index (χ3n) is 3.63. The number of morpholine rings is 1. The number of rotatable bonds is 2. The highest BCUT2D eigenvalue weighted by Crippen LogP contribution is 2.30. The van der Waals surface area contributed by atoms with Gasteiger partial charge in [0.1, 0.15) is 12.4 Å². The van der Waals surface area contributed by atoms with E-state index in [1.165, 1.54) is 4.90 Å². The van der Waals surface area contributed by atoms with Crippen molar-refractivity contribution < 1.29 is 24.2 Å². The summed E-state index contributed by atoms with van der Waals surface area (Å²) in [4.78, 5) is 25.2. The van der Waals surface area contributed by atoms with Gasteiger partial charge in [0.15, 0.2) is 6.04 Å². The minimum Gasteiger partial charge on any atom is -0.488 e. The highest BCUT2D eigenvalue weighted by Gasteiger charge is 2.34. The Kier molecular flexibility index (Phi) is 4.17. The molecule has 2 aliphatic heterocycles. The number of hydrogen-bond donors (Lipinski definition) is 1. The maximum atomic E-state index is 12.6. The Bertz CT molecular complexity index is 657. The highest BCUT2D eigenvalue weighted by atomic mass is 79.9. The topological polar surface area (TPSA) is 76.1 Å². The fourth-order valence-corrected chi connectivity index (χ4v) is 2.89. The number of nitrogens with zero attached hydrogens (tertiary/aromatic N) is 1. The van der Waals surface area contributed by atoms with Gasteiger partial charge in [-0.2, -0.15) is 0 Å². The molecular formula is C15H14BrNO5. The lowest BCUT2D eigenvalue weighted by molar-refractivity contribution is -0.156. The van der Waals surface area contributed by atoms with Crippen LogP contribution in [0.5, 0.6) is 5.75 Å². The Balaban J connectivity index is 1.87. The predicted octanol–water partition coefficient (Wildman–Crippen LogP) is 1.54. The van der Waals surface area contributed by atoms with Crippen molar-refractivity contribution in [3.8, 4) is 5.75 Å². The molecule has 1 aromatic rings. The molecule has 1 saturated heterocycles. The van der Waals surface area contributed by atoms with Gasteiger partial charge in [-0.25, -0.2) is 4.79 Å². The van der Waals surface area contributed by atoms with Gasteiger partial charge in [0.05, 0.1) is 18.8 Å². The third kappa shape index (κ3) is 2.86. The quantitative estimate of drug-likeness (QED) is 0.857. The molecule has 0 aromatic heterocycles. The van der Waals surface area contributed by atoms with Gasteiger partial charge in [-0.1, -0.05) is 15.9 Å². The molecule has 22 heavy (non-hydrogen) atoms. The van der Waals surface area contributed by atoms with E-state index in [0.717, 1.165) is 10.0 Å². The smallest absolute Gasteiger partial charge is 0.328 e. The maximum absolute atomic E-state index is 12.6. The molecule has 6 nitrogen and oxygen atoms in total. The molecule has 116 valence electrons. The number of carboxylic acids is 1. The van der Waals surface area contributed by atoms with Gasteiger partial charge in [0, 0.05) is 16.6 Å². The molecule has 1 N–H and O–H groups in total. The van der Waals surface area contributed by atoms with Crippen molar-refractivity contribution in [2.75, 3.05) is 26.4 Å². The van der Waals surface area contributed by atoms with Crippen LogP contribution in [0.1, 0.15) is 5.56 Å². The zero-order chi connectivity index (χ0) is 15.7. The maximum Gasteiger partial charge on any atom is 0.328 e. The number of carbonyl (C=O) groups excluding carboxylic acids is 1. The first-order valence-electron chi connectivity index (χ1n) is 6.80. The molecular weight excluding hydrogens is 354 g/mol. The summed E-state index contributed by atoms with van der Waals surface area (Å²) in [5.41, 5.74) is 1.24. The number of amides is 1. The van der Waals surface area contributed by atoms with Crippen LogP contribution in [0.25, 0.3) is 6.08 Å². The zero-order valence-corrected chi connectivity index (χ0v) is 13.2. The second-order valence-corrected chi connectivity index (χ2v) is 5.98. The van der Waals surface area contributed by atoms with Crippen LogP contribution >= 0.6 is 15.9 Å². The van der Waals surface area contributed by atoms with Gasteiger partial charge in [0.2, 0.25) is 0 Å². The van der Waals surface area contributed by atoms with Crippen LogP contribution in [0.2, 0.25) is 0 Å². The molecule has 2 heterocycles. The minimum absolute atomic E-state index is 0.0113. The Morgan fingerprint density at radius 2 is 2.18 bits per heavy atom. The van der Waals surface area contributed by atoms with E-state index in [-0.39, 0.29) is 25.7 Å². The number of halogens is 1. The van der Waals surface area contributed by atoms with Crippen LogP contribution in [0.15, 0.2) is 28.2 Å². The molecule has 1 fully saturated rings. The van der Waals surface area contributed by atoms with Crippen LogP contribution < -0.4 is 4.74 Å². The van der Waals surface area contributed by atoms with Crippen LogP contribution in [0, 0.1) is 0 Å². The fraction of sp³-hybridized carbons (Fsp3) is 0.333. The fourth-order valence-electron chi connectivity index (χ4n) is 2.51. The lowest BCUT2D eigenvalue weighted by Crippen LogP contribution is -2.53. The molecule has 0 radical (unpaired) electrons. The summed E-state index contributed by atoms with van der Waals surface area (Å²) in [6, 6.07) is 4.59. The zero-order valence-electron chi connectivity index (χ0n) is 11.6. The number of carbonyl (C=O) groups is 2. The van der Waals surface area contributed by atoms with Crippen molar-refractivity contribution in [3.05, 3.63) is 33.8 Å². The summed E-state index contributed by atoms with van der Waals surface area (Å²) < 4.78 is 11.6. The van der Waals surface area contributed by atoms with E-state index >= 15 is 0 Å². The monoisotopic (exact) mass is 367 g/mol. The van der Waals surface area contributed by atoms with Crippen LogP contribution in [-0.4, -0.2) is 54.3 Å². The van der Waals surface area contributed by atoms with Crippen molar-refractivity contribution in [2.24, 2.45) is 0 Å². The molecule has 1 aromatic carbocycles. The summed E-state index contributed by atoms with van der Waals surface area (Å²) in [7, 11) is 0. The van der Waals surface area contributed by atoms with Crippen molar-refractivity contribution in [1.82, 2.24) is 4.90 Å². The Hall–Kier alpha value is -1.86. The van der Waals surface area contributed by atoms with Gasteiger partial charge in [-0.3, -0.25) is 4.79 Å². The van der Waals surface area contributed by atoms with Crippen molar-refractivity contribution in [2.45, 2.75) is 6.04 Å².